The number of hydrogen-bond acceptors (Lipinski definition) is 12. The number of benzene rings is 1. The van der Waals surface area contributed by atoms with Crippen molar-refractivity contribution in [1.29, 1.82) is 0 Å². The maximum atomic E-state index is 13.7. The van der Waals surface area contributed by atoms with Crippen molar-refractivity contribution in [2.24, 2.45) is 0 Å². The Kier molecular flexibility index (Phi) is 16.8. The quantitative estimate of drug-likeness (QED) is 0.0976. The van der Waals surface area contributed by atoms with E-state index in [1.165, 1.54) is 20.8 Å². The first-order valence-electron chi connectivity index (χ1n) is 13.6. The predicted octanol–water partition coefficient (Wildman–Crippen LogP) is 6.72. The molecule has 1 rings (SSSR count). The van der Waals surface area contributed by atoms with Gasteiger partial charge in [0, 0.05) is 5.19 Å². The molecular formula is C24H47O12P3Si. The Bertz CT molecular complexity index is 875. The third-order valence-electron chi connectivity index (χ3n) is 5.29. The second-order valence-electron chi connectivity index (χ2n) is 8.20. The summed E-state index contributed by atoms with van der Waals surface area (Å²) in [5, 5.41) is 0.402. The molecule has 1 aromatic carbocycles. The molecule has 0 heterocycles. The van der Waals surface area contributed by atoms with E-state index >= 15 is 0 Å². The molecule has 0 aromatic heterocycles. The van der Waals surface area contributed by atoms with Crippen LogP contribution in [0.2, 0.25) is 0 Å². The number of rotatable bonds is 22. The highest BCUT2D eigenvalue weighted by Gasteiger charge is 2.56. The van der Waals surface area contributed by atoms with E-state index in [9.17, 15) is 13.7 Å². The third kappa shape index (κ3) is 10.2. The summed E-state index contributed by atoms with van der Waals surface area (Å²) >= 11 is 0. The lowest BCUT2D eigenvalue weighted by atomic mass is 10.4. The van der Waals surface area contributed by atoms with Crippen molar-refractivity contribution in [3.63, 3.8) is 0 Å². The fraction of sp³-hybridized carbons (Fsp3) is 0.750. The van der Waals surface area contributed by atoms with E-state index in [1.807, 2.05) is 0 Å². The fourth-order valence-electron chi connectivity index (χ4n) is 3.62. The summed E-state index contributed by atoms with van der Waals surface area (Å²) in [5.74, 6) is -3.64. The second kappa shape index (κ2) is 17.8. The topological polar surface area (TPSA) is 134 Å². The third-order valence-corrected chi connectivity index (χ3v) is 15.6. The van der Waals surface area contributed by atoms with Crippen molar-refractivity contribution < 1.29 is 54.1 Å². The van der Waals surface area contributed by atoms with Gasteiger partial charge in [0.15, 0.2) is 0 Å². The summed E-state index contributed by atoms with van der Waals surface area (Å²) in [5.41, 5.74) is 0. The molecule has 0 amide bonds. The van der Waals surface area contributed by atoms with Gasteiger partial charge in [-0.2, -0.15) is 0 Å². The van der Waals surface area contributed by atoms with Crippen molar-refractivity contribution in [1.82, 2.24) is 0 Å². The molecule has 0 aliphatic heterocycles. The second-order valence-corrected chi connectivity index (χ2v) is 17.6. The predicted molar refractivity (Wildman–Crippen MR) is 156 cm³/mol. The van der Waals surface area contributed by atoms with Crippen molar-refractivity contribution in [3.05, 3.63) is 30.3 Å². The Labute approximate surface area is 240 Å². The molecule has 0 fully saturated rings. The average molecular weight is 649 g/mol. The Balaban J connectivity index is 3.84. The summed E-state index contributed by atoms with van der Waals surface area (Å²) < 4.78 is 93.7. The normalized spacial score (nSPS) is 16.8. The molecule has 0 N–H and O–H groups in total. The van der Waals surface area contributed by atoms with Crippen LogP contribution >= 0.6 is 22.8 Å². The van der Waals surface area contributed by atoms with Gasteiger partial charge in [0.2, 0.25) is 0 Å². The van der Waals surface area contributed by atoms with Crippen molar-refractivity contribution >= 4 is 36.8 Å². The van der Waals surface area contributed by atoms with Gasteiger partial charge in [0.25, 0.3) is 0 Å². The Morgan fingerprint density at radius 2 is 0.775 bits per heavy atom. The van der Waals surface area contributed by atoms with Crippen LogP contribution in [-0.2, 0) is 54.1 Å². The smallest absolute Gasteiger partial charge is 0.355 e. The van der Waals surface area contributed by atoms with Gasteiger partial charge in [-0.05, 0) is 62.3 Å². The first-order valence-corrected chi connectivity index (χ1v) is 20.2. The van der Waals surface area contributed by atoms with E-state index in [4.69, 9.17) is 40.4 Å². The van der Waals surface area contributed by atoms with Crippen LogP contribution in [0.3, 0.4) is 0 Å². The molecule has 0 aliphatic rings. The molecule has 1 aromatic rings. The van der Waals surface area contributed by atoms with Crippen molar-refractivity contribution in [3.8, 4) is 0 Å². The molecule has 0 saturated heterocycles. The summed E-state index contributed by atoms with van der Waals surface area (Å²) in [7, 11) is -15.9. The summed E-state index contributed by atoms with van der Waals surface area (Å²) in [6.45, 7) is 15.1. The van der Waals surface area contributed by atoms with Crippen LogP contribution in [-0.4, -0.2) is 66.0 Å². The van der Waals surface area contributed by atoms with Crippen LogP contribution < -0.4 is 5.19 Å². The molecule has 3 unspecified atom stereocenters. The Morgan fingerprint density at radius 3 is 1.00 bits per heavy atom. The fourth-order valence-corrected chi connectivity index (χ4v) is 12.6. The van der Waals surface area contributed by atoms with Crippen LogP contribution in [0, 0.1) is 0 Å². The summed E-state index contributed by atoms with van der Waals surface area (Å²) in [6.07, 6.45) is 0. The molecule has 0 bridgehead atoms. The minimum Gasteiger partial charge on any atom is -0.355 e. The minimum atomic E-state index is -4.36. The summed E-state index contributed by atoms with van der Waals surface area (Å²) in [6, 6.07) is 8.60. The van der Waals surface area contributed by atoms with E-state index in [1.54, 1.807) is 71.9 Å². The maximum Gasteiger partial charge on any atom is 0.539 e. The molecule has 0 spiro atoms. The van der Waals surface area contributed by atoms with Crippen LogP contribution in [0.25, 0.3) is 0 Å². The molecular weight excluding hydrogens is 601 g/mol. The van der Waals surface area contributed by atoms with Crippen LogP contribution in [0.1, 0.15) is 62.3 Å². The van der Waals surface area contributed by atoms with Gasteiger partial charge in [0.05, 0.1) is 39.6 Å². The first-order chi connectivity index (χ1) is 18.9. The lowest BCUT2D eigenvalue weighted by Crippen LogP contribution is -2.60. The van der Waals surface area contributed by atoms with E-state index in [0.29, 0.717) is 5.19 Å². The number of hydrogen-bond donors (Lipinski definition) is 0. The summed E-state index contributed by atoms with van der Waals surface area (Å²) in [4.78, 5) is 0. The molecule has 0 saturated carbocycles. The van der Waals surface area contributed by atoms with E-state index in [0.717, 1.165) is 0 Å². The van der Waals surface area contributed by atoms with Gasteiger partial charge in [-0.15, -0.1) is 0 Å². The molecule has 234 valence electrons. The van der Waals surface area contributed by atoms with Gasteiger partial charge < -0.3 is 40.4 Å². The Hall–Kier alpha value is -0.233. The van der Waals surface area contributed by atoms with E-state index in [2.05, 4.69) is 0 Å². The largest absolute Gasteiger partial charge is 0.539 e. The molecule has 0 aliphatic carbocycles. The highest BCUT2D eigenvalue weighted by atomic mass is 31.2. The van der Waals surface area contributed by atoms with Crippen LogP contribution in [0.15, 0.2) is 30.3 Å². The lowest BCUT2D eigenvalue weighted by Gasteiger charge is -2.39. The van der Waals surface area contributed by atoms with Crippen molar-refractivity contribution in [2.75, 3.05) is 39.6 Å². The van der Waals surface area contributed by atoms with Crippen LogP contribution in [0.5, 0.6) is 0 Å². The van der Waals surface area contributed by atoms with Gasteiger partial charge in [-0.3, -0.25) is 13.7 Å². The lowest BCUT2D eigenvalue weighted by molar-refractivity contribution is 0.0262. The molecule has 12 nitrogen and oxygen atoms in total. The van der Waals surface area contributed by atoms with Gasteiger partial charge >= 0.3 is 31.6 Å². The van der Waals surface area contributed by atoms with Gasteiger partial charge in [-0.25, -0.2) is 0 Å². The monoisotopic (exact) mass is 648 g/mol. The zero-order valence-electron chi connectivity index (χ0n) is 25.1. The highest BCUT2D eigenvalue weighted by molar-refractivity contribution is 7.55. The molecule has 0 radical (unpaired) electrons. The van der Waals surface area contributed by atoms with Crippen molar-refractivity contribution in [2.45, 2.75) is 79.8 Å². The SMILES string of the molecule is CCOP(=O)(OCC)C(C)O[Si](OC(C)P(=O)(OCC)OCC)(OC(C)P(=O)(OCC)OCC)c1ccccc1. The zero-order valence-corrected chi connectivity index (χ0v) is 28.8. The zero-order chi connectivity index (χ0) is 30.5. The highest BCUT2D eigenvalue weighted by Crippen LogP contribution is 2.58. The molecule has 16 heteroatoms. The van der Waals surface area contributed by atoms with E-state index < -0.39 is 49.1 Å². The van der Waals surface area contributed by atoms with Gasteiger partial charge in [0.1, 0.15) is 17.5 Å². The van der Waals surface area contributed by atoms with Crippen LogP contribution in [0.4, 0.5) is 0 Å². The average Bonchev–Trinajstić information content (AvgIpc) is 2.89. The molecule has 3 atom stereocenters. The first kappa shape index (κ1) is 37.8. The standard InChI is InChI=1S/C24H47O12P3Si/c1-10-28-37(25,29-11-2)21(7)34-40(24-19-17-16-18-20-24,35-22(8)38(26,30-12-3)31-13-4)36-23(9)39(27,32-14-5)33-15-6/h16-23H,10-15H2,1-9H3. The maximum absolute atomic E-state index is 13.7. The van der Waals surface area contributed by atoms with E-state index in [-0.39, 0.29) is 39.6 Å². The Morgan fingerprint density at radius 1 is 0.525 bits per heavy atom. The minimum absolute atomic E-state index is 0.0904. The van der Waals surface area contributed by atoms with Gasteiger partial charge in [-0.1, -0.05) is 30.3 Å². The molecule has 40 heavy (non-hydrogen) atoms.